The molecule has 0 saturated heterocycles. The standard InChI is InChI=1S/C13H15BrClNO3/c1-13(2,3)16(7-11(17)18)12(19)8-4-9(14)6-10(15)5-8/h4-6H,7H2,1-3H3,(H,17,18). The summed E-state index contributed by atoms with van der Waals surface area (Å²) >= 11 is 9.16. The molecule has 0 atom stereocenters. The van der Waals surface area contributed by atoms with E-state index in [1.807, 2.05) is 0 Å². The van der Waals surface area contributed by atoms with Crippen molar-refractivity contribution < 1.29 is 14.7 Å². The Labute approximate surface area is 125 Å². The van der Waals surface area contributed by atoms with E-state index in [4.69, 9.17) is 16.7 Å². The predicted octanol–water partition coefficient (Wildman–Crippen LogP) is 3.43. The molecule has 104 valence electrons. The van der Waals surface area contributed by atoms with Crippen LogP contribution in [0.15, 0.2) is 22.7 Å². The van der Waals surface area contributed by atoms with E-state index in [2.05, 4.69) is 15.9 Å². The van der Waals surface area contributed by atoms with Gasteiger partial charge in [-0.1, -0.05) is 27.5 Å². The maximum atomic E-state index is 12.4. The van der Waals surface area contributed by atoms with Gasteiger partial charge in [-0.25, -0.2) is 0 Å². The number of carbonyl (C=O) groups is 2. The molecule has 1 N–H and O–H groups in total. The van der Waals surface area contributed by atoms with Crippen LogP contribution in [-0.2, 0) is 4.79 Å². The first kappa shape index (κ1) is 16.0. The zero-order valence-corrected chi connectivity index (χ0v) is 13.2. The van der Waals surface area contributed by atoms with Crippen LogP contribution < -0.4 is 0 Å². The second-order valence-electron chi connectivity index (χ2n) is 5.11. The number of halogens is 2. The summed E-state index contributed by atoms with van der Waals surface area (Å²) in [6.07, 6.45) is 0. The lowest BCUT2D eigenvalue weighted by Crippen LogP contribution is -2.48. The van der Waals surface area contributed by atoms with Gasteiger partial charge in [-0.05, 0) is 39.0 Å². The number of carboxylic acid groups (broad SMARTS) is 1. The summed E-state index contributed by atoms with van der Waals surface area (Å²) in [5.41, 5.74) is -0.236. The zero-order valence-electron chi connectivity index (χ0n) is 10.9. The zero-order chi connectivity index (χ0) is 14.8. The fourth-order valence-corrected chi connectivity index (χ4v) is 2.44. The third-order valence-corrected chi connectivity index (χ3v) is 3.13. The number of aliphatic carboxylic acids is 1. The fourth-order valence-electron chi connectivity index (χ4n) is 1.58. The molecular weight excluding hydrogens is 334 g/mol. The van der Waals surface area contributed by atoms with Crippen molar-refractivity contribution in [2.75, 3.05) is 6.54 Å². The van der Waals surface area contributed by atoms with E-state index in [1.54, 1.807) is 32.9 Å². The fraction of sp³-hybridized carbons (Fsp3) is 0.385. The van der Waals surface area contributed by atoms with Crippen molar-refractivity contribution in [2.24, 2.45) is 0 Å². The Morgan fingerprint density at radius 3 is 2.32 bits per heavy atom. The molecular formula is C13H15BrClNO3. The Kier molecular flexibility index (Phi) is 4.98. The number of rotatable bonds is 3. The van der Waals surface area contributed by atoms with Gasteiger partial charge in [0.2, 0.25) is 0 Å². The maximum absolute atomic E-state index is 12.4. The van der Waals surface area contributed by atoms with Gasteiger partial charge >= 0.3 is 5.97 Å². The van der Waals surface area contributed by atoms with Gasteiger partial charge in [-0.2, -0.15) is 0 Å². The highest BCUT2D eigenvalue weighted by Gasteiger charge is 2.29. The number of hydrogen-bond donors (Lipinski definition) is 1. The summed E-state index contributed by atoms with van der Waals surface area (Å²) < 4.78 is 0.674. The number of amides is 1. The van der Waals surface area contributed by atoms with Crippen LogP contribution in [0, 0.1) is 0 Å². The summed E-state index contributed by atoms with van der Waals surface area (Å²) in [5, 5.41) is 9.34. The molecule has 0 aliphatic rings. The highest BCUT2D eigenvalue weighted by atomic mass is 79.9. The number of carbonyl (C=O) groups excluding carboxylic acids is 1. The predicted molar refractivity (Wildman–Crippen MR) is 77.6 cm³/mol. The summed E-state index contributed by atoms with van der Waals surface area (Å²) in [5.74, 6) is -1.41. The van der Waals surface area contributed by atoms with E-state index < -0.39 is 11.5 Å². The van der Waals surface area contributed by atoms with Crippen LogP contribution >= 0.6 is 27.5 Å². The van der Waals surface area contributed by atoms with Crippen molar-refractivity contribution in [2.45, 2.75) is 26.3 Å². The molecule has 4 nitrogen and oxygen atoms in total. The van der Waals surface area contributed by atoms with Gasteiger partial charge in [0.1, 0.15) is 6.54 Å². The largest absolute Gasteiger partial charge is 0.480 e. The summed E-state index contributed by atoms with van der Waals surface area (Å²) in [4.78, 5) is 24.6. The van der Waals surface area contributed by atoms with Gasteiger partial charge in [0.25, 0.3) is 5.91 Å². The number of hydrogen-bond acceptors (Lipinski definition) is 2. The van der Waals surface area contributed by atoms with Gasteiger partial charge in [0.05, 0.1) is 0 Å². The first-order valence-corrected chi connectivity index (χ1v) is 6.78. The average Bonchev–Trinajstić information content (AvgIpc) is 2.21. The summed E-state index contributed by atoms with van der Waals surface area (Å²) in [6.45, 7) is 5.00. The Hall–Kier alpha value is -1.07. The molecule has 1 amide bonds. The highest BCUT2D eigenvalue weighted by Crippen LogP contribution is 2.23. The van der Waals surface area contributed by atoms with Crippen molar-refractivity contribution in [3.8, 4) is 0 Å². The minimum absolute atomic E-state index is 0.355. The van der Waals surface area contributed by atoms with Crippen LogP contribution in [0.25, 0.3) is 0 Å². The number of benzene rings is 1. The highest BCUT2D eigenvalue weighted by molar-refractivity contribution is 9.10. The van der Waals surface area contributed by atoms with Crippen LogP contribution in [0.3, 0.4) is 0 Å². The van der Waals surface area contributed by atoms with Gasteiger partial charge < -0.3 is 10.0 Å². The minimum atomic E-state index is -1.05. The SMILES string of the molecule is CC(C)(C)N(CC(=O)O)C(=O)c1cc(Cl)cc(Br)c1. The van der Waals surface area contributed by atoms with Crippen molar-refractivity contribution in [1.29, 1.82) is 0 Å². The quantitative estimate of drug-likeness (QED) is 0.910. The Bertz CT molecular complexity index is 491. The van der Waals surface area contributed by atoms with Gasteiger partial charge in [-0.3, -0.25) is 9.59 Å². The van der Waals surface area contributed by atoms with E-state index in [-0.39, 0.29) is 12.5 Å². The van der Waals surface area contributed by atoms with Crippen LogP contribution in [0.4, 0.5) is 0 Å². The molecule has 0 aromatic heterocycles. The number of nitrogens with zero attached hydrogens (tertiary/aromatic N) is 1. The van der Waals surface area contributed by atoms with E-state index in [9.17, 15) is 9.59 Å². The maximum Gasteiger partial charge on any atom is 0.323 e. The number of carboxylic acids is 1. The second kappa shape index (κ2) is 5.92. The monoisotopic (exact) mass is 347 g/mol. The van der Waals surface area contributed by atoms with Gasteiger partial charge in [0.15, 0.2) is 0 Å². The Balaban J connectivity index is 3.15. The first-order valence-electron chi connectivity index (χ1n) is 5.61. The molecule has 0 fully saturated rings. The molecule has 0 aliphatic carbocycles. The summed E-state index contributed by atoms with van der Waals surface area (Å²) in [7, 11) is 0. The molecule has 0 spiro atoms. The smallest absolute Gasteiger partial charge is 0.323 e. The average molecular weight is 349 g/mol. The third kappa shape index (κ3) is 4.51. The Morgan fingerprint density at radius 2 is 1.89 bits per heavy atom. The molecule has 1 aromatic rings. The molecule has 0 unspecified atom stereocenters. The van der Waals surface area contributed by atoms with Crippen molar-refractivity contribution in [3.05, 3.63) is 33.3 Å². The minimum Gasteiger partial charge on any atom is -0.480 e. The second-order valence-corrected chi connectivity index (χ2v) is 6.47. The van der Waals surface area contributed by atoms with Crippen LogP contribution in [0.5, 0.6) is 0 Å². The van der Waals surface area contributed by atoms with Crippen LogP contribution in [0.1, 0.15) is 31.1 Å². The molecule has 1 rings (SSSR count). The lowest BCUT2D eigenvalue weighted by molar-refractivity contribution is -0.138. The first-order chi connectivity index (χ1) is 8.61. The summed E-state index contributed by atoms with van der Waals surface area (Å²) in [6, 6.07) is 4.81. The normalized spacial score (nSPS) is 11.2. The van der Waals surface area contributed by atoms with E-state index in [1.165, 1.54) is 11.0 Å². The van der Waals surface area contributed by atoms with Crippen molar-refractivity contribution in [3.63, 3.8) is 0 Å². The van der Waals surface area contributed by atoms with Gasteiger partial charge in [0, 0.05) is 20.6 Å². The molecule has 0 heterocycles. The Morgan fingerprint density at radius 1 is 1.32 bits per heavy atom. The van der Waals surface area contributed by atoms with Crippen molar-refractivity contribution >= 4 is 39.4 Å². The molecule has 19 heavy (non-hydrogen) atoms. The lowest BCUT2D eigenvalue weighted by Gasteiger charge is -2.34. The van der Waals surface area contributed by atoms with Crippen LogP contribution in [-0.4, -0.2) is 34.0 Å². The molecule has 1 aromatic carbocycles. The third-order valence-electron chi connectivity index (χ3n) is 2.46. The van der Waals surface area contributed by atoms with E-state index >= 15 is 0 Å². The van der Waals surface area contributed by atoms with Gasteiger partial charge in [-0.15, -0.1) is 0 Å². The lowest BCUT2D eigenvalue weighted by atomic mass is 10.0. The molecule has 6 heteroatoms. The molecule has 0 aliphatic heterocycles. The molecule has 0 saturated carbocycles. The van der Waals surface area contributed by atoms with E-state index in [0.29, 0.717) is 15.1 Å². The molecule has 0 bridgehead atoms. The topological polar surface area (TPSA) is 57.6 Å². The van der Waals surface area contributed by atoms with E-state index in [0.717, 1.165) is 0 Å². The molecule has 0 radical (unpaired) electrons. The van der Waals surface area contributed by atoms with Crippen LogP contribution in [0.2, 0.25) is 5.02 Å². The van der Waals surface area contributed by atoms with Crippen molar-refractivity contribution in [1.82, 2.24) is 4.90 Å².